The van der Waals surface area contributed by atoms with Crippen LogP contribution in [0.25, 0.3) is 0 Å². The van der Waals surface area contributed by atoms with Gasteiger partial charge in [-0.15, -0.1) is 0 Å². The molecule has 2 aromatic carbocycles. The molecule has 25 heavy (non-hydrogen) atoms. The van der Waals surface area contributed by atoms with Crippen LogP contribution in [0.5, 0.6) is 0 Å². The van der Waals surface area contributed by atoms with Crippen molar-refractivity contribution in [1.82, 2.24) is 0 Å². The second kappa shape index (κ2) is 5.70. The minimum absolute atomic E-state index is 0.106. The molecule has 1 atom stereocenters. The highest BCUT2D eigenvalue weighted by Crippen LogP contribution is 3.02. The van der Waals surface area contributed by atoms with Gasteiger partial charge in [-0.2, -0.15) is 0 Å². The van der Waals surface area contributed by atoms with Crippen molar-refractivity contribution in [3.8, 4) is 0 Å². The van der Waals surface area contributed by atoms with Gasteiger partial charge in [0.1, 0.15) is 4.90 Å². The molecule has 0 saturated heterocycles. The number of methoxy groups -OCH3 is 1. The lowest BCUT2D eigenvalue weighted by atomic mass is 10.00. The molecule has 0 radical (unpaired) electrons. The number of halogens is 5. The maximum Gasteiger partial charge on any atom is 0.337 e. The van der Waals surface area contributed by atoms with Crippen molar-refractivity contribution in [3.63, 3.8) is 0 Å². The minimum atomic E-state index is -9.71. The van der Waals surface area contributed by atoms with Gasteiger partial charge in [0.15, 0.2) is 0 Å². The molecular weight excluding hydrogens is 367 g/mol. The summed E-state index contributed by atoms with van der Waals surface area (Å²) in [4.78, 5) is 9.48. The van der Waals surface area contributed by atoms with E-state index in [9.17, 15) is 29.3 Å². The Morgan fingerprint density at radius 3 is 2.20 bits per heavy atom. The minimum Gasteiger partial charge on any atom is -0.465 e. The third-order valence-electron chi connectivity index (χ3n) is 3.49. The maximum atomic E-state index is 12.7. The average molecular weight is 382 g/mol. The van der Waals surface area contributed by atoms with Crippen LogP contribution in [0.1, 0.15) is 27.6 Å². The first-order valence-corrected chi connectivity index (χ1v) is 8.94. The summed E-state index contributed by atoms with van der Waals surface area (Å²) in [6.45, 7) is 0. The highest BCUT2D eigenvalue weighted by atomic mass is 32.5. The third kappa shape index (κ3) is 4.93. The Bertz CT molecular complexity index is 788. The molecule has 0 aliphatic carbocycles. The van der Waals surface area contributed by atoms with Gasteiger partial charge in [-0.05, 0) is 35.4 Å². The van der Waals surface area contributed by atoms with E-state index < -0.39 is 27.2 Å². The summed E-state index contributed by atoms with van der Waals surface area (Å²) >= 11 is 0. The van der Waals surface area contributed by atoms with Gasteiger partial charge in [0.25, 0.3) is 0 Å². The van der Waals surface area contributed by atoms with Gasteiger partial charge >= 0.3 is 16.2 Å². The molecule has 0 spiro atoms. The van der Waals surface area contributed by atoms with Crippen LogP contribution in [0.3, 0.4) is 0 Å². The number of hydrogen-bond acceptors (Lipinski definition) is 3. The molecule has 0 bridgehead atoms. The number of carbonyl (C=O) groups is 1. The fraction of sp³-hybridized carbons (Fsp3) is 0.188. The molecule has 0 aromatic heterocycles. The molecule has 0 aliphatic heterocycles. The Balaban J connectivity index is 2.19. The van der Waals surface area contributed by atoms with Crippen molar-refractivity contribution >= 4 is 16.2 Å². The van der Waals surface area contributed by atoms with Crippen LogP contribution in [-0.2, 0) is 11.2 Å². The molecule has 0 amide bonds. The van der Waals surface area contributed by atoms with E-state index in [0.717, 1.165) is 12.1 Å². The number of esters is 1. The zero-order chi connectivity index (χ0) is 18.9. The molecule has 0 aliphatic rings. The van der Waals surface area contributed by atoms with Crippen LogP contribution >= 0.6 is 10.2 Å². The summed E-state index contributed by atoms with van der Waals surface area (Å²) in [5, 5.41) is 10.2. The molecule has 0 fully saturated rings. The van der Waals surface area contributed by atoms with Gasteiger partial charge in [0, 0.05) is 6.42 Å². The lowest BCUT2D eigenvalue weighted by molar-refractivity contribution is 0.0600. The standard InChI is InChI=1S/C16H15F5O3S/c1-24-16(23)13-4-2-3-12(10-13)15(22)9-11-5-7-14(8-6-11)25(17,18,19,20)21/h2-8,10,15,22H,9H2,1H3. The second-order valence-electron chi connectivity index (χ2n) is 5.45. The number of aliphatic hydroxyl groups excluding tert-OH is 1. The van der Waals surface area contributed by atoms with Crippen molar-refractivity contribution in [2.24, 2.45) is 0 Å². The molecular formula is C16H15F5O3S. The maximum absolute atomic E-state index is 12.7. The molecule has 9 heteroatoms. The number of ether oxygens (including phenoxy) is 1. The summed E-state index contributed by atoms with van der Waals surface area (Å²) < 4.78 is 67.9. The van der Waals surface area contributed by atoms with E-state index in [1.54, 1.807) is 0 Å². The highest BCUT2D eigenvalue weighted by Gasteiger charge is 2.65. The zero-order valence-electron chi connectivity index (χ0n) is 13.0. The van der Waals surface area contributed by atoms with Crippen molar-refractivity contribution in [1.29, 1.82) is 0 Å². The Hall–Kier alpha value is -2.13. The molecule has 0 heterocycles. The fourth-order valence-electron chi connectivity index (χ4n) is 2.21. The van der Waals surface area contributed by atoms with Crippen molar-refractivity contribution in [2.45, 2.75) is 17.4 Å². The van der Waals surface area contributed by atoms with E-state index in [1.807, 2.05) is 0 Å². The van der Waals surface area contributed by atoms with Crippen molar-refractivity contribution in [2.75, 3.05) is 7.11 Å². The monoisotopic (exact) mass is 382 g/mol. The zero-order valence-corrected chi connectivity index (χ0v) is 13.8. The van der Waals surface area contributed by atoms with E-state index >= 15 is 0 Å². The molecule has 3 nitrogen and oxygen atoms in total. The number of aliphatic hydroxyl groups is 1. The van der Waals surface area contributed by atoms with Gasteiger partial charge in [-0.3, -0.25) is 0 Å². The first-order valence-electron chi connectivity index (χ1n) is 6.99. The van der Waals surface area contributed by atoms with Gasteiger partial charge in [-0.25, -0.2) is 4.79 Å². The SMILES string of the molecule is COC(=O)c1cccc(C(O)Cc2ccc(S(F)(F)(F)(F)F)cc2)c1. The summed E-state index contributed by atoms with van der Waals surface area (Å²) in [6.07, 6.45) is -1.24. The van der Waals surface area contributed by atoms with E-state index in [0.29, 0.717) is 17.7 Å². The number of rotatable bonds is 5. The van der Waals surface area contributed by atoms with E-state index in [4.69, 9.17) is 0 Å². The predicted octanol–water partition coefficient (Wildman–Crippen LogP) is 5.41. The normalized spacial score (nSPS) is 15.8. The summed E-state index contributed by atoms with van der Waals surface area (Å²) in [6, 6.07) is 8.29. The smallest absolute Gasteiger partial charge is 0.337 e. The summed E-state index contributed by atoms with van der Waals surface area (Å²) in [5.74, 6) is -0.603. The molecule has 2 aromatic rings. The topological polar surface area (TPSA) is 46.5 Å². The highest BCUT2D eigenvalue weighted by molar-refractivity contribution is 8.45. The summed E-state index contributed by atoms with van der Waals surface area (Å²) in [7, 11) is -8.50. The Kier molecular flexibility index (Phi) is 4.38. The van der Waals surface area contributed by atoms with Gasteiger partial charge in [0.2, 0.25) is 0 Å². The third-order valence-corrected chi connectivity index (χ3v) is 4.65. The van der Waals surface area contributed by atoms with Crippen molar-refractivity contribution in [3.05, 3.63) is 65.2 Å². The van der Waals surface area contributed by atoms with Crippen LogP contribution in [-0.4, -0.2) is 18.2 Å². The van der Waals surface area contributed by atoms with Crippen LogP contribution in [0.4, 0.5) is 19.4 Å². The molecule has 138 valence electrons. The molecule has 1 unspecified atom stereocenters. The Labute approximate surface area is 140 Å². The van der Waals surface area contributed by atoms with Gasteiger partial charge in [0.05, 0.1) is 18.8 Å². The Morgan fingerprint density at radius 1 is 1.08 bits per heavy atom. The average Bonchev–Trinajstić information content (AvgIpc) is 2.52. The molecule has 1 N–H and O–H groups in total. The van der Waals surface area contributed by atoms with Crippen molar-refractivity contribution < 1.29 is 34.1 Å². The van der Waals surface area contributed by atoms with Crippen LogP contribution < -0.4 is 0 Å². The van der Waals surface area contributed by atoms with E-state index in [-0.39, 0.29) is 17.5 Å². The lowest BCUT2D eigenvalue weighted by Gasteiger charge is -2.40. The molecule has 2 rings (SSSR count). The Morgan fingerprint density at radius 2 is 1.68 bits per heavy atom. The van der Waals surface area contributed by atoms with Gasteiger partial charge < -0.3 is 9.84 Å². The lowest BCUT2D eigenvalue weighted by Crippen LogP contribution is -2.07. The number of carbonyl (C=O) groups excluding carboxylic acids is 1. The van der Waals surface area contributed by atoms with Crippen LogP contribution in [0.15, 0.2) is 53.4 Å². The van der Waals surface area contributed by atoms with Crippen LogP contribution in [0, 0.1) is 0 Å². The van der Waals surface area contributed by atoms with E-state index in [2.05, 4.69) is 4.74 Å². The largest absolute Gasteiger partial charge is 0.465 e. The number of hydrogen-bond donors (Lipinski definition) is 1. The number of benzene rings is 2. The van der Waals surface area contributed by atoms with E-state index in [1.165, 1.54) is 31.4 Å². The first kappa shape index (κ1) is 19.2. The predicted molar refractivity (Wildman–Crippen MR) is 84.3 cm³/mol. The van der Waals surface area contributed by atoms with Crippen LogP contribution in [0.2, 0.25) is 0 Å². The first-order chi connectivity index (χ1) is 11.3. The fourth-order valence-corrected chi connectivity index (χ4v) is 2.87. The molecule has 0 saturated carbocycles. The quantitative estimate of drug-likeness (QED) is 0.556. The second-order valence-corrected chi connectivity index (χ2v) is 7.86. The summed E-state index contributed by atoms with van der Waals surface area (Å²) in [5.41, 5.74) is 0.788. The van der Waals surface area contributed by atoms with Gasteiger partial charge in [-0.1, -0.05) is 43.7 Å².